The maximum absolute atomic E-state index is 6.23. The number of ether oxygens (including phenoxy) is 2. The van der Waals surface area contributed by atoms with E-state index < -0.39 is 0 Å². The summed E-state index contributed by atoms with van der Waals surface area (Å²) < 4.78 is 12.4. The van der Waals surface area contributed by atoms with Gasteiger partial charge in [0.2, 0.25) is 0 Å². The van der Waals surface area contributed by atoms with Crippen molar-refractivity contribution in [3.05, 3.63) is 0 Å². The summed E-state index contributed by atoms with van der Waals surface area (Å²) in [5, 5.41) is 3.48. The zero-order valence-corrected chi connectivity index (χ0v) is 9.50. The Hall–Kier alpha value is -0.120. The van der Waals surface area contributed by atoms with E-state index in [1.807, 2.05) is 0 Å². The molecule has 2 heterocycles. The van der Waals surface area contributed by atoms with Gasteiger partial charge in [-0.1, -0.05) is 13.3 Å². The van der Waals surface area contributed by atoms with Crippen LogP contribution in [0.25, 0.3) is 0 Å². The number of hydrogen-bond acceptors (Lipinski definition) is 3. The monoisotopic (exact) mass is 211 g/mol. The number of fused-ring (bicyclic) bond motifs is 1. The first-order valence-corrected chi connectivity index (χ1v) is 6.42. The third kappa shape index (κ3) is 1.61. The van der Waals surface area contributed by atoms with Gasteiger partial charge >= 0.3 is 0 Å². The van der Waals surface area contributed by atoms with E-state index in [0.717, 1.165) is 25.8 Å². The van der Waals surface area contributed by atoms with Gasteiger partial charge < -0.3 is 14.8 Å². The second-order valence-corrected chi connectivity index (χ2v) is 5.13. The molecule has 2 saturated heterocycles. The first kappa shape index (κ1) is 10.1. The minimum Gasteiger partial charge on any atom is -0.343 e. The summed E-state index contributed by atoms with van der Waals surface area (Å²) in [5.74, 6) is -0.191. The molecule has 3 heteroatoms. The first-order chi connectivity index (χ1) is 7.33. The Kier molecular flexibility index (Phi) is 2.49. The molecule has 86 valence electrons. The van der Waals surface area contributed by atoms with Crippen LogP contribution in [0.15, 0.2) is 0 Å². The van der Waals surface area contributed by atoms with Crippen LogP contribution in [0.5, 0.6) is 0 Å². The van der Waals surface area contributed by atoms with Gasteiger partial charge in [-0.05, 0) is 19.3 Å². The molecule has 2 unspecified atom stereocenters. The van der Waals surface area contributed by atoms with Gasteiger partial charge in [0, 0.05) is 25.4 Å². The predicted molar refractivity (Wildman–Crippen MR) is 57.6 cm³/mol. The third-order valence-electron chi connectivity index (χ3n) is 4.12. The average Bonchev–Trinajstić information content (AvgIpc) is 2.76. The Labute approximate surface area is 91.5 Å². The molecule has 3 fully saturated rings. The third-order valence-corrected chi connectivity index (χ3v) is 4.12. The number of rotatable bonds is 1. The van der Waals surface area contributed by atoms with Gasteiger partial charge in [-0.3, -0.25) is 0 Å². The number of nitrogens with one attached hydrogen (secondary N) is 1. The quantitative estimate of drug-likeness (QED) is 0.717. The average molecular weight is 211 g/mol. The van der Waals surface area contributed by atoms with Crippen molar-refractivity contribution in [1.82, 2.24) is 5.32 Å². The molecule has 1 saturated carbocycles. The van der Waals surface area contributed by atoms with Crippen LogP contribution in [0.3, 0.4) is 0 Å². The van der Waals surface area contributed by atoms with Crippen LogP contribution >= 0.6 is 0 Å². The normalized spacial score (nSPS) is 43.4. The van der Waals surface area contributed by atoms with Crippen molar-refractivity contribution in [1.29, 1.82) is 0 Å². The van der Waals surface area contributed by atoms with E-state index in [9.17, 15) is 0 Å². The van der Waals surface area contributed by atoms with Crippen molar-refractivity contribution in [2.24, 2.45) is 0 Å². The fourth-order valence-corrected chi connectivity index (χ4v) is 3.28. The van der Waals surface area contributed by atoms with E-state index in [-0.39, 0.29) is 5.79 Å². The van der Waals surface area contributed by atoms with Gasteiger partial charge in [0.15, 0.2) is 5.79 Å². The van der Waals surface area contributed by atoms with Crippen molar-refractivity contribution in [2.75, 3.05) is 6.54 Å². The van der Waals surface area contributed by atoms with Crippen LogP contribution in [0.2, 0.25) is 0 Å². The lowest BCUT2D eigenvalue weighted by Crippen LogP contribution is -2.39. The first-order valence-electron chi connectivity index (χ1n) is 6.42. The second kappa shape index (κ2) is 3.72. The zero-order valence-electron chi connectivity index (χ0n) is 9.50. The Bertz CT molecular complexity index is 238. The SMILES string of the molecule is CC[C@H]1NCC2OC3(CCCCC3)OC21. The number of hydrogen-bond donors (Lipinski definition) is 1. The van der Waals surface area contributed by atoms with Crippen LogP contribution < -0.4 is 5.32 Å². The summed E-state index contributed by atoms with van der Waals surface area (Å²) in [6, 6.07) is 0.510. The largest absolute Gasteiger partial charge is 0.343 e. The van der Waals surface area contributed by atoms with Gasteiger partial charge in [-0.15, -0.1) is 0 Å². The molecule has 0 aromatic rings. The van der Waals surface area contributed by atoms with Crippen molar-refractivity contribution < 1.29 is 9.47 Å². The highest BCUT2D eigenvalue weighted by molar-refractivity contribution is 4.99. The highest BCUT2D eigenvalue weighted by atomic mass is 16.8. The molecular weight excluding hydrogens is 190 g/mol. The minimum absolute atomic E-state index is 0.191. The maximum Gasteiger partial charge on any atom is 0.169 e. The van der Waals surface area contributed by atoms with Gasteiger partial charge in [0.1, 0.15) is 12.2 Å². The summed E-state index contributed by atoms with van der Waals surface area (Å²) >= 11 is 0. The topological polar surface area (TPSA) is 30.5 Å². The molecule has 1 N–H and O–H groups in total. The fraction of sp³-hybridized carbons (Fsp3) is 1.00. The van der Waals surface area contributed by atoms with E-state index in [1.165, 1.54) is 19.3 Å². The highest BCUT2D eigenvalue weighted by Gasteiger charge is 2.52. The lowest BCUT2D eigenvalue weighted by atomic mass is 9.94. The van der Waals surface area contributed by atoms with Crippen molar-refractivity contribution in [3.63, 3.8) is 0 Å². The van der Waals surface area contributed by atoms with E-state index in [1.54, 1.807) is 0 Å². The molecule has 3 aliphatic rings. The molecule has 0 aromatic carbocycles. The summed E-state index contributed by atoms with van der Waals surface area (Å²) in [6.45, 7) is 3.19. The van der Waals surface area contributed by atoms with Crippen molar-refractivity contribution >= 4 is 0 Å². The van der Waals surface area contributed by atoms with Crippen LogP contribution in [0.4, 0.5) is 0 Å². The molecule has 3 nitrogen and oxygen atoms in total. The molecule has 0 amide bonds. The summed E-state index contributed by atoms with van der Waals surface area (Å²) in [7, 11) is 0. The van der Waals surface area contributed by atoms with E-state index in [0.29, 0.717) is 18.2 Å². The van der Waals surface area contributed by atoms with E-state index in [4.69, 9.17) is 9.47 Å². The Morgan fingerprint density at radius 1 is 1.20 bits per heavy atom. The molecule has 2 aliphatic heterocycles. The highest BCUT2D eigenvalue weighted by Crippen LogP contribution is 2.42. The lowest BCUT2D eigenvalue weighted by molar-refractivity contribution is -0.199. The molecule has 15 heavy (non-hydrogen) atoms. The maximum atomic E-state index is 6.23. The van der Waals surface area contributed by atoms with Gasteiger partial charge in [0.25, 0.3) is 0 Å². The molecule has 3 rings (SSSR count). The van der Waals surface area contributed by atoms with E-state index in [2.05, 4.69) is 12.2 Å². The van der Waals surface area contributed by atoms with Gasteiger partial charge in [0.05, 0.1) is 0 Å². The summed E-state index contributed by atoms with van der Waals surface area (Å²) in [6.07, 6.45) is 7.86. The van der Waals surface area contributed by atoms with Crippen LogP contribution in [0, 0.1) is 0 Å². The summed E-state index contributed by atoms with van der Waals surface area (Å²) in [5.41, 5.74) is 0. The molecule has 1 aliphatic carbocycles. The Morgan fingerprint density at radius 3 is 2.73 bits per heavy atom. The molecule has 0 aromatic heterocycles. The van der Waals surface area contributed by atoms with Gasteiger partial charge in [-0.2, -0.15) is 0 Å². The Balaban J connectivity index is 1.72. The molecule has 3 atom stereocenters. The van der Waals surface area contributed by atoms with Crippen LogP contribution in [-0.2, 0) is 9.47 Å². The summed E-state index contributed by atoms with van der Waals surface area (Å²) in [4.78, 5) is 0. The molecular formula is C12H21NO2. The minimum atomic E-state index is -0.191. The van der Waals surface area contributed by atoms with Gasteiger partial charge in [-0.25, -0.2) is 0 Å². The van der Waals surface area contributed by atoms with Crippen molar-refractivity contribution in [2.45, 2.75) is 69.5 Å². The Morgan fingerprint density at radius 2 is 2.00 bits per heavy atom. The van der Waals surface area contributed by atoms with Crippen molar-refractivity contribution in [3.8, 4) is 0 Å². The molecule has 0 bridgehead atoms. The molecule has 0 radical (unpaired) electrons. The standard InChI is InChI=1S/C12H21NO2/c1-2-9-11-10(8-13-9)14-12(15-11)6-4-3-5-7-12/h9-11,13H,2-8H2,1H3/t9-,10?,11?/m1/s1. The zero-order chi connectivity index (χ0) is 10.3. The molecule has 1 spiro atoms. The smallest absolute Gasteiger partial charge is 0.169 e. The van der Waals surface area contributed by atoms with Crippen LogP contribution in [0.1, 0.15) is 45.4 Å². The second-order valence-electron chi connectivity index (χ2n) is 5.13. The fourth-order valence-electron chi connectivity index (χ4n) is 3.28. The van der Waals surface area contributed by atoms with Crippen LogP contribution in [-0.4, -0.2) is 30.6 Å². The van der Waals surface area contributed by atoms with E-state index >= 15 is 0 Å². The lowest BCUT2D eigenvalue weighted by Gasteiger charge is -2.33. The predicted octanol–water partition coefficient (Wildman–Crippen LogP) is 1.81.